The highest BCUT2D eigenvalue weighted by molar-refractivity contribution is 6.00. The van der Waals surface area contributed by atoms with Crippen molar-refractivity contribution in [2.24, 2.45) is 5.73 Å². The lowest BCUT2D eigenvalue weighted by atomic mass is 10.1. The molecule has 130 valence electrons. The number of nitrogens with two attached hydrogens (primary N) is 1. The third-order valence-corrected chi connectivity index (χ3v) is 4.28. The minimum absolute atomic E-state index is 0.383. The van der Waals surface area contributed by atoms with Gasteiger partial charge in [0.25, 0.3) is 5.91 Å². The summed E-state index contributed by atoms with van der Waals surface area (Å²) in [6.45, 7) is 0.573. The first-order chi connectivity index (χ1) is 12.6. The molecule has 4 aromatic rings. The molecule has 0 unspecified atom stereocenters. The highest BCUT2D eigenvalue weighted by atomic mass is 19.1. The first-order valence-corrected chi connectivity index (χ1v) is 8.16. The summed E-state index contributed by atoms with van der Waals surface area (Å²) in [5.41, 5.74) is 8.97. The number of pyridine rings is 1. The van der Waals surface area contributed by atoms with Crippen LogP contribution in [0, 0.1) is 5.82 Å². The van der Waals surface area contributed by atoms with Crippen LogP contribution in [0.15, 0.2) is 54.9 Å². The van der Waals surface area contributed by atoms with Crippen LogP contribution in [0.4, 0.5) is 4.39 Å². The second kappa shape index (κ2) is 6.44. The standard InChI is InChI=1S/C19H16FN5O/c20-12-5-6-16(22-11-12)17-8-10-25(24-17)9-7-14-13-3-1-2-4-15(13)23-18(14)19(21)26/h1-6,8,10-11,23H,7,9H2,(H2,21,26). The number of nitrogens with one attached hydrogen (secondary N) is 1. The summed E-state index contributed by atoms with van der Waals surface area (Å²) in [5.74, 6) is -0.862. The summed E-state index contributed by atoms with van der Waals surface area (Å²) >= 11 is 0. The number of rotatable bonds is 5. The maximum atomic E-state index is 13.0. The molecule has 0 fully saturated rings. The normalized spacial score (nSPS) is 11.1. The number of hydrogen-bond donors (Lipinski definition) is 2. The number of aromatic nitrogens is 4. The van der Waals surface area contributed by atoms with Gasteiger partial charge in [-0.15, -0.1) is 0 Å². The Kier molecular flexibility index (Phi) is 3.96. The van der Waals surface area contributed by atoms with Crippen molar-refractivity contribution in [1.82, 2.24) is 19.7 Å². The largest absolute Gasteiger partial charge is 0.364 e. The molecule has 4 rings (SSSR count). The van der Waals surface area contributed by atoms with Crippen molar-refractivity contribution in [2.75, 3.05) is 0 Å². The first kappa shape index (κ1) is 16.0. The molecule has 3 aromatic heterocycles. The van der Waals surface area contributed by atoms with Crippen molar-refractivity contribution in [2.45, 2.75) is 13.0 Å². The SMILES string of the molecule is NC(=O)c1[nH]c2ccccc2c1CCn1ccc(-c2ccc(F)cn2)n1. The number of primary amides is 1. The van der Waals surface area contributed by atoms with Crippen LogP contribution in [0.5, 0.6) is 0 Å². The Morgan fingerprint density at radius 1 is 1.15 bits per heavy atom. The van der Waals surface area contributed by atoms with Crippen LogP contribution in [-0.2, 0) is 13.0 Å². The van der Waals surface area contributed by atoms with Gasteiger partial charge in [-0.25, -0.2) is 4.39 Å². The molecule has 0 aliphatic carbocycles. The van der Waals surface area contributed by atoms with Gasteiger partial charge >= 0.3 is 0 Å². The molecule has 3 N–H and O–H groups in total. The Morgan fingerprint density at radius 2 is 2.00 bits per heavy atom. The van der Waals surface area contributed by atoms with E-state index in [9.17, 15) is 9.18 Å². The van der Waals surface area contributed by atoms with Crippen molar-refractivity contribution in [3.8, 4) is 11.4 Å². The Labute approximate surface area is 148 Å². The third kappa shape index (κ3) is 2.95. The molecule has 0 atom stereocenters. The second-order valence-corrected chi connectivity index (χ2v) is 5.96. The average molecular weight is 349 g/mol. The van der Waals surface area contributed by atoms with Gasteiger partial charge in [0.1, 0.15) is 17.2 Å². The lowest BCUT2D eigenvalue weighted by Crippen LogP contribution is -2.14. The van der Waals surface area contributed by atoms with E-state index >= 15 is 0 Å². The van der Waals surface area contributed by atoms with Gasteiger partial charge < -0.3 is 10.7 Å². The van der Waals surface area contributed by atoms with Gasteiger partial charge in [0.2, 0.25) is 0 Å². The first-order valence-electron chi connectivity index (χ1n) is 8.16. The molecule has 0 saturated heterocycles. The number of aryl methyl sites for hydroxylation is 2. The molecule has 3 heterocycles. The maximum Gasteiger partial charge on any atom is 0.265 e. The molecular weight excluding hydrogens is 333 g/mol. The van der Waals surface area contributed by atoms with E-state index in [0.717, 1.165) is 16.5 Å². The van der Waals surface area contributed by atoms with E-state index in [1.54, 1.807) is 10.7 Å². The van der Waals surface area contributed by atoms with E-state index in [-0.39, 0.29) is 5.82 Å². The number of aromatic amines is 1. The molecule has 0 aliphatic rings. The fourth-order valence-corrected chi connectivity index (χ4v) is 3.05. The number of fused-ring (bicyclic) bond motifs is 1. The highest BCUT2D eigenvalue weighted by Gasteiger charge is 2.15. The third-order valence-electron chi connectivity index (χ3n) is 4.28. The van der Waals surface area contributed by atoms with Crippen LogP contribution in [0.3, 0.4) is 0 Å². The van der Waals surface area contributed by atoms with Crippen molar-refractivity contribution in [1.29, 1.82) is 0 Å². The summed E-state index contributed by atoms with van der Waals surface area (Å²) in [7, 11) is 0. The molecule has 0 saturated carbocycles. The number of halogens is 1. The van der Waals surface area contributed by atoms with Crippen LogP contribution in [0.25, 0.3) is 22.3 Å². The number of nitrogens with zero attached hydrogens (tertiary/aromatic N) is 3. The van der Waals surface area contributed by atoms with Crippen molar-refractivity contribution >= 4 is 16.8 Å². The Balaban J connectivity index is 1.58. The molecule has 1 amide bonds. The lowest BCUT2D eigenvalue weighted by molar-refractivity contribution is 0.0995. The fraction of sp³-hybridized carbons (Fsp3) is 0.105. The predicted molar refractivity (Wildman–Crippen MR) is 95.9 cm³/mol. The van der Waals surface area contributed by atoms with E-state index in [2.05, 4.69) is 15.1 Å². The minimum Gasteiger partial charge on any atom is -0.364 e. The number of carbonyl (C=O) groups is 1. The van der Waals surface area contributed by atoms with E-state index < -0.39 is 5.91 Å². The molecule has 0 bridgehead atoms. The molecular formula is C19H16FN5O. The van der Waals surface area contributed by atoms with Crippen LogP contribution in [0.2, 0.25) is 0 Å². The summed E-state index contributed by atoms with van der Waals surface area (Å²) in [6, 6.07) is 12.5. The molecule has 0 spiro atoms. The van der Waals surface area contributed by atoms with Crippen LogP contribution >= 0.6 is 0 Å². The summed E-state index contributed by atoms with van der Waals surface area (Å²) in [6.07, 6.45) is 3.60. The Morgan fingerprint density at radius 3 is 2.77 bits per heavy atom. The van der Waals surface area contributed by atoms with Gasteiger partial charge in [-0.1, -0.05) is 18.2 Å². The van der Waals surface area contributed by atoms with Gasteiger partial charge in [0.05, 0.1) is 11.9 Å². The number of H-pyrrole nitrogens is 1. The quantitative estimate of drug-likeness (QED) is 0.580. The molecule has 1 aromatic carbocycles. The van der Waals surface area contributed by atoms with Gasteiger partial charge in [-0.3, -0.25) is 14.5 Å². The van der Waals surface area contributed by atoms with Gasteiger partial charge in [0.15, 0.2) is 0 Å². The summed E-state index contributed by atoms with van der Waals surface area (Å²) in [4.78, 5) is 18.9. The zero-order chi connectivity index (χ0) is 18.1. The smallest absolute Gasteiger partial charge is 0.265 e. The summed E-state index contributed by atoms with van der Waals surface area (Å²) in [5, 5.41) is 5.45. The van der Waals surface area contributed by atoms with E-state index in [1.807, 2.05) is 36.5 Å². The topological polar surface area (TPSA) is 89.6 Å². The van der Waals surface area contributed by atoms with Gasteiger partial charge in [-0.05, 0) is 36.2 Å². The van der Waals surface area contributed by atoms with E-state index in [4.69, 9.17) is 5.73 Å². The molecule has 0 radical (unpaired) electrons. The van der Waals surface area contributed by atoms with Crippen LogP contribution in [0.1, 0.15) is 16.1 Å². The zero-order valence-electron chi connectivity index (χ0n) is 13.8. The lowest BCUT2D eigenvalue weighted by Gasteiger charge is -2.03. The van der Waals surface area contributed by atoms with E-state index in [1.165, 1.54) is 12.3 Å². The zero-order valence-corrected chi connectivity index (χ0v) is 13.8. The molecule has 0 aliphatic heterocycles. The molecule has 7 heteroatoms. The number of hydrogen-bond acceptors (Lipinski definition) is 3. The van der Waals surface area contributed by atoms with Crippen LogP contribution < -0.4 is 5.73 Å². The second-order valence-electron chi connectivity index (χ2n) is 5.96. The number of carbonyl (C=O) groups excluding carboxylic acids is 1. The maximum absolute atomic E-state index is 13.0. The monoisotopic (exact) mass is 349 g/mol. The summed E-state index contributed by atoms with van der Waals surface area (Å²) < 4.78 is 14.8. The predicted octanol–water partition coefficient (Wildman–Crippen LogP) is 2.91. The van der Waals surface area contributed by atoms with Crippen molar-refractivity contribution < 1.29 is 9.18 Å². The number of benzene rings is 1. The number of amides is 1. The van der Waals surface area contributed by atoms with Gasteiger partial charge in [-0.2, -0.15) is 5.10 Å². The van der Waals surface area contributed by atoms with Gasteiger partial charge in [0, 0.05) is 23.6 Å². The fourth-order valence-electron chi connectivity index (χ4n) is 3.05. The van der Waals surface area contributed by atoms with Crippen LogP contribution in [-0.4, -0.2) is 25.7 Å². The number of para-hydroxylation sites is 1. The Hall–Kier alpha value is -3.48. The molecule has 26 heavy (non-hydrogen) atoms. The van der Waals surface area contributed by atoms with E-state index in [0.29, 0.717) is 30.0 Å². The Bertz CT molecular complexity index is 1080. The van der Waals surface area contributed by atoms with Crippen molar-refractivity contribution in [3.05, 3.63) is 71.9 Å². The molecule has 6 nitrogen and oxygen atoms in total. The minimum atomic E-state index is -0.479. The van der Waals surface area contributed by atoms with Crippen molar-refractivity contribution in [3.63, 3.8) is 0 Å². The average Bonchev–Trinajstić information content (AvgIpc) is 3.25. The highest BCUT2D eigenvalue weighted by Crippen LogP contribution is 2.23.